The van der Waals surface area contributed by atoms with Gasteiger partial charge in [0.15, 0.2) is 0 Å². The predicted octanol–water partition coefficient (Wildman–Crippen LogP) is 0.937. The third kappa shape index (κ3) is 3.17. The Bertz CT molecular complexity index is 299. The Morgan fingerprint density at radius 2 is 2.25 bits per heavy atom. The lowest BCUT2D eigenvalue weighted by atomic mass is 10.1. The van der Waals surface area contributed by atoms with Gasteiger partial charge in [0.05, 0.1) is 6.54 Å². The van der Waals surface area contributed by atoms with Gasteiger partial charge in [0.25, 0.3) is 0 Å². The average Bonchev–Trinajstić information content (AvgIpc) is 2.46. The molecule has 1 fully saturated rings. The van der Waals surface area contributed by atoms with Gasteiger partial charge in [-0.25, -0.2) is 0 Å². The molecule has 0 saturated carbocycles. The van der Waals surface area contributed by atoms with E-state index in [9.17, 15) is 9.59 Å². The number of amides is 2. The van der Waals surface area contributed by atoms with Crippen molar-refractivity contribution in [3.8, 4) is 0 Å². The zero-order chi connectivity index (χ0) is 12.1. The Morgan fingerprint density at radius 3 is 2.75 bits per heavy atom. The summed E-state index contributed by atoms with van der Waals surface area (Å²) in [6, 6.07) is 0. The summed E-state index contributed by atoms with van der Waals surface area (Å²) < 4.78 is 0. The van der Waals surface area contributed by atoms with Crippen LogP contribution in [0.3, 0.4) is 0 Å². The van der Waals surface area contributed by atoms with Gasteiger partial charge < -0.3 is 5.32 Å². The van der Waals surface area contributed by atoms with Gasteiger partial charge in [-0.1, -0.05) is 20.4 Å². The topological polar surface area (TPSA) is 49.4 Å². The second kappa shape index (κ2) is 5.80. The second-order valence-corrected chi connectivity index (χ2v) is 4.35. The quantitative estimate of drug-likeness (QED) is 0.415. The van der Waals surface area contributed by atoms with Crippen LogP contribution in [0.1, 0.15) is 26.7 Å². The van der Waals surface area contributed by atoms with Crippen LogP contribution in [0.25, 0.3) is 0 Å². The fourth-order valence-corrected chi connectivity index (χ4v) is 1.74. The van der Waals surface area contributed by atoms with Crippen LogP contribution < -0.4 is 5.32 Å². The average molecular weight is 224 g/mol. The molecule has 90 valence electrons. The van der Waals surface area contributed by atoms with Gasteiger partial charge in [-0.3, -0.25) is 14.5 Å². The van der Waals surface area contributed by atoms with E-state index in [0.717, 1.165) is 18.5 Å². The number of carbonyl (C=O) groups is 2. The highest BCUT2D eigenvalue weighted by atomic mass is 16.2. The molecule has 0 radical (unpaired) electrons. The number of hydrogen-bond acceptors (Lipinski definition) is 3. The molecule has 1 N–H and O–H groups in total. The fourth-order valence-electron chi connectivity index (χ4n) is 1.74. The van der Waals surface area contributed by atoms with E-state index in [4.69, 9.17) is 0 Å². The van der Waals surface area contributed by atoms with Gasteiger partial charge in [-0.2, -0.15) is 0 Å². The summed E-state index contributed by atoms with van der Waals surface area (Å²) in [6.07, 6.45) is 1.40. The van der Waals surface area contributed by atoms with Crippen LogP contribution in [0, 0.1) is 5.92 Å². The normalized spacial score (nSPS) is 20.6. The molecule has 1 rings (SSSR count). The Balaban J connectivity index is 2.39. The van der Waals surface area contributed by atoms with Crippen molar-refractivity contribution in [3.05, 3.63) is 12.2 Å². The van der Waals surface area contributed by atoms with Crippen LogP contribution in [0.5, 0.6) is 0 Å². The monoisotopic (exact) mass is 224 g/mol. The van der Waals surface area contributed by atoms with Crippen molar-refractivity contribution in [2.24, 2.45) is 5.92 Å². The highest BCUT2D eigenvalue weighted by molar-refractivity contribution is 6.03. The summed E-state index contributed by atoms with van der Waals surface area (Å²) in [5, 5.41) is 3.20. The second-order valence-electron chi connectivity index (χ2n) is 4.35. The van der Waals surface area contributed by atoms with Crippen LogP contribution in [0.15, 0.2) is 12.2 Å². The summed E-state index contributed by atoms with van der Waals surface area (Å²) in [5.74, 6) is -0.306. The van der Waals surface area contributed by atoms with E-state index in [1.807, 2.05) is 0 Å². The van der Waals surface area contributed by atoms with Gasteiger partial charge in [-0.05, 0) is 18.5 Å². The Labute approximate surface area is 96.7 Å². The van der Waals surface area contributed by atoms with Gasteiger partial charge in [0.1, 0.15) is 0 Å². The first-order valence-electron chi connectivity index (χ1n) is 5.77. The highest BCUT2D eigenvalue weighted by Crippen LogP contribution is 2.19. The minimum absolute atomic E-state index is 0.0679. The van der Waals surface area contributed by atoms with E-state index in [0.29, 0.717) is 19.5 Å². The number of nitrogens with zero attached hydrogens (tertiary/aromatic N) is 1. The third-order valence-corrected chi connectivity index (χ3v) is 2.65. The Kier molecular flexibility index (Phi) is 4.68. The number of hydrogen-bond donors (Lipinski definition) is 1. The zero-order valence-corrected chi connectivity index (χ0v) is 10.1. The van der Waals surface area contributed by atoms with Crippen molar-refractivity contribution in [2.45, 2.75) is 26.7 Å². The maximum absolute atomic E-state index is 11.6. The standard InChI is InChI=1S/C12H20N2O2/c1-4-5-13-7-9(2)8-14-11(15)6-10(3)12(14)16/h10,13H,2,4-8H2,1,3H3. The molecule has 0 bridgehead atoms. The minimum Gasteiger partial charge on any atom is -0.313 e. The van der Waals surface area contributed by atoms with E-state index >= 15 is 0 Å². The molecule has 4 heteroatoms. The molecule has 0 aromatic carbocycles. The minimum atomic E-state index is -0.163. The Morgan fingerprint density at radius 1 is 1.56 bits per heavy atom. The lowest BCUT2D eigenvalue weighted by Gasteiger charge is -2.16. The largest absolute Gasteiger partial charge is 0.313 e. The van der Waals surface area contributed by atoms with E-state index < -0.39 is 0 Å². The first kappa shape index (κ1) is 12.9. The molecule has 1 unspecified atom stereocenters. The number of rotatable bonds is 6. The number of nitrogens with one attached hydrogen (secondary N) is 1. The molecule has 4 nitrogen and oxygen atoms in total. The molecular formula is C12H20N2O2. The number of imide groups is 1. The molecule has 2 amide bonds. The summed E-state index contributed by atoms with van der Waals surface area (Å²) >= 11 is 0. The summed E-state index contributed by atoms with van der Waals surface area (Å²) in [7, 11) is 0. The third-order valence-electron chi connectivity index (χ3n) is 2.65. The summed E-state index contributed by atoms with van der Waals surface area (Å²) in [6.45, 7) is 9.71. The molecule has 1 aliphatic rings. The molecule has 16 heavy (non-hydrogen) atoms. The van der Waals surface area contributed by atoms with Crippen LogP contribution in [0.4, 0.5) is 0 Å². The zero-order valence-electron chi connectivity index (χ0n) is 10.1. The maximum Gasteiger partial charge on any atom is 0.232 e. The lowest BCUT2D eigenvalue weighted by Crippen LogP contribution is -2.34. The Hall–Kier alpha value is -1.16. The number of likely N-dealkylation sites (tertiary alicyclic amines) is 1. The van der Waals surface area contributed by atoms with Crippen molar-refractivity contribution in [1.82, 2.24) is 10.2 Å². The van der Waals surface area contributed by atoms with E-state index in [-0.39, 0.29) is 17.7 Å². The fraction of sp³-hybridized carbons (Fsp3) is 0.667. The molecule has 1 aliphatic heterocycles. The lowest BCUT2D eigenvalue weighted by molar-refractivity contribution is -0.138. The van der Waals surface area contributed by atoms with Gasteiger partial charge in [0.2, 0.25) is 11.8 Å². The van der Waals surface area contributed by atoms with Crippen molar-refractivity contribution < 1.29 is 9.59 Å². The molecular weight excluding hydrogens is 204 g/mol. The first-order chi connectivity index (χ1) is 7.56. The van der Waals surface area contributed by atoms with Crippen LogP contribution in [-0.2, 0) is 9.59 Å². The smallest absolute Gasteiger partial charge is 0.232 e. The predicted molar refractivity (Wildman–Crippen MR) is 62.8 cm³/mol. The molecule has 0 aromatic heterocycles. The van der Waals surface area contributed by atoms with Crippen LogP contribution >= 0.6 is 0 Å². The highest BCUT2D eigenvalue weighted by Gasteiger charge is 2.35. The molecule has 0 aromatic rings. The molecule has 1 atom stereocenters. The van der Waals surface area contributed by atoms with Crippen molar-refractivity contribution in [3.63, 3.8) is 0 Å². The van der Waals surface area contributed by atoms with Gasteiger partial charge >= 0.3 is 0 Å². The van der Waals surface area contributed by atoms with Crippen molar-refractivity contribution in [1.29, 1.82) is 0 Å². The van der Waals surface area contributed by atoms with E-state index in [2.05, 4.69) is 18.8 Å². The van der Waals surface area contributed by atoms with Gasteiger partial charge in [-0.15, -0.1) is 0 Å². The van der Waals surface area contributed by atoms with E-state index in [1.54, 1.807) is 6.92 Å². The molecule has 1 saturated heterocycles. The SMILES string of the molecule is C=C(CNCCC)CN1C(=O)CC(C)C1=O. The van der Waals surface area contributed by atoms with E-state index in [1.165, 1.54) is 4.90 Å². The van der Waals surface area contributed by atoms with Crippen molar-refractivity contribution >= 4 is 11.8 Å². The summed E-state index contributed by atoms with van der Waals surface area (Å²) in [5.41, 5.74) is 0.879. The molecule has 1 heterocycles. The first-order valence-corrected chi connectivity index (χ1v) is 5.77. The maximum atomic E-state index is 11.6. The number of carbonyl (C=O) groups excluding carboxylic acids is 2. The summed E-state index contributed by atoms with van der Waals surface area (Å²) in [4.78, 5) is 24.4. The van der Waals surface area contributed by atoms with Crippen LogP contribution in [-0.4, -0.2) is 36.3 Å². The van der Waals surface area contributed by atoms with Crippen LogP contribution in [0.2, 0.25) is 0 Å². The van der Waals surface area contributed by atoms with Gasteiger partial charge in [0, 0.05) is 18.9 Å². The van der Waals surface area contributed by atoms with Crippen molar-refractivity contribution in [2.75, 3.05) is 19.6 Å². The molecule has 0 aliphatic carbocycles. The molecule has 0 spiro atoms.